The SMILES string of the molecule is CCCC(C)(C)NCC(CC)(CC)CO. The molecular formula is C13H29NO. The monoisotopic (exact) mass is 215 g/mol. The lowest BCUT2D eigenvalue weighted by atomic mass is 9.82. The van der Waals surface area contributed by atoms with Crippen LogP contribution in [-0.4, -0.2) is 23.8 Å². The van der Waals surface area contributed by atoms with Gasteiger partial charge in [-0.15, -0.1) is 0 Å². The molecule has 0 saturated carbocycles. The van der Waals surface area contributed by atoms with Crippen molar-refractivity contribution < 1.29 is 5.11 Å². The summed E-state index contributed by atoms with van der Waals surface area (Å²) in [6, 6.07) is 0. The molecule has 0 aliphatic rings. The molecule has 0 amide bonds. The van der Waals surface area contributed by atoms with Gasteiger partial charge in [0.25, 0.3) is 0 Å². The van der Waals surface area contributed by atoms with Gasteiger partial charge < -0.3 is 10.4 Å². The number of nitrogens with one attached hydrogen (secondary N) is 1. The van der Waals surface area contributed by atoms with Crippen LogP contribution >= 0.6 is 0 Å². The van der Waals surface area contributed by atoms with Crippen molar-refractivity contribution in [2.24, 2.45) is 5.41 Å². The number of rotatable bonds is 8. The first-order valence-corrected chi connectivity index (χ1v) is 6.31. The van der Waals surface area contributed by atoms with Crippen molar-refractivity contribution in [3.63, 3.8) is 0 Å². The second-order valence-corrected chi connectivity index (χ2v) is 5.35. The Hall–Kier alpha value is -0.0800. The minimum atomic E-state index is 0.0744. The highest BCUT2D eigenvalue weighted by molar-refractivity contribution is 4.84. The normalized spacial score (nSPS) is 13.2. The molecule has 0 fully saturated rings. The Labute approximate surface area is 95.5 Å². The van der Waals surface area contributed by atoms with E-state index in [1.165, 1.54) is 12.8 Å². The van der Waals surface area contributed by atoms with Crippen LogP contribution in [0.4, 0.5) is 0 Å². The van der Waals surface area contributed by atoms with E-state index < -0.39 is 0 Å². The topological polar surface area (TPSA) is 32.3 Å². The zero-order chi connectivity index (χ0) is 11.9. The summed E-state index contributed by atoms with van der Waals surface area (Å²) in [5.74, 6) is 0. The molecule has 0 bridgehead atoms. The summed E-state index contributed by atoms with van der Waals surface area (Å²) in [7, 11) is 0. The third kappa shape index (κ3) is 4.98. The van der Waals surface area contributed by atoms with Gasteiger partial charge in [-0.2, -0.15) is 0 Å². The number of hydrogen-bond acceptors (Lipinski definition) is 2. The Morgan fingerprint density at radius 3 is 1.93 bits per heavy atom. The zero-order valence-electron chi connectivity index (χ0n) is 11.2. The van der Waals surface area contributed by atoms with Gasteiger partial charge in [0.15, 0.2) is 0 Å². The molecule has 0 atom stereocenters. The van der Waals surface area contributed by atoms with E-state index in [1.807, 2.05) is 0 Å². The van der Waals surface area contributed by atoms with E-state index in [4.69, 9.17) is 0 Å². The van der Waals surface area contributed by atoms with Crippen molar-refractivity contribution in [2.45, 2.75) is 65.8 Å². The molecule has 0 spiro atoms. The Bertz CT molecular complexity index is 154. The molecular weight excluding hydrogens is 186 g/mol. The molecule has 2 N–H and O–H groups in total. The van der Waals surface area contributed by atoms with E-state index in [-0.39, 0.29) is 17.6 Å². The number of aliphatic hydroxyl groups excluding tert-OH is 1. The van der Waals surface area contributed by atoms with Gasteiger partial charge in [0, 0.05) is 24.1 Å². The van der Waals surface area contributed by atoms with Crippen molar-refractivity contribution in [3.8, 4) is 0 Å². The maximum absolute atomic E-state index is 9.46. The van der Waals surface area contributed by atoms with Crippen LogP contribution in [0.5, 0.6) is 0 Å². The Morgan fingerprint density at radius 2 is 1.60 bits per heavy atom. The number of hydrogen-bond donors (Lipinski definition) is 2. The molecule has 0 aromatic heterocycles. The Kier molecular flexibility index (Phi) is 6.46. The van der Waals surface area contributed by atoms with Crippen LogP contribution in [0.2, 0.25) is 0 Å². The average Bonchev–Trinajstić information content (AvgIpc) is 2.21. The molecule has 92 valence electrons. The van der Waals surface area contributed by atoms with Crippen LogP contribution < -0.4 is 5.32 Å². The first-order valence-electron chi connectivity index (χ1n) is 6.31. The summed E-state index contributed by atoms with van der Waals surface area (Å²) in [6.07, 6.45) is 4.46. The molecule has 0 rings (SSSR count). The molecule has 0 radical (unpaired) electrons. The van der Waals surface area contributed by atoms with Gasteiger partial charge in [-0.25, -0.2) is 0 Å². The summed E-state index contributed by atoms with van der Waals surface area (Å²) in [5.41, 5.74) is 0.268. The van der Waals surface area contributed by atoms with E-state index in [0.29, 0.717) is 0 Å². The van der Waals surface area contributed by atoms with Crippen molar-refractivity contribution in [3.05, 3.63) is 0 Å². The smallest absolute Gasteiger partial charge is 0.0499 e. The molecule has 0 heterocycles. The molecule has 2 heteroatoms. The molecule has 0 saturated heterocycles. The van der Waals surface area contributed by atoms with Crippen molar-refractivity contribution >= 4 is 0 Å². The second-order valence-electron chi connectivity index (χ2n) is 5.35. The van der Waals surface area contributed by atoms with E-state index in [0.717, 1.165) is 19.4 Å². The highest BCUT2D eigenvalue weighted by Gasteiger charge is 2.27. The van der Waals surface area contributed by atoms with Gasteiger partial charge in [-0.05, 0) is 33.1 Å². The van der Waals surface area contributed by atoms with Gasteiger partial charge in [-0.3, -0.25) is 0 Å². The van der Waals surface area contributed by atoms with E-state index in [2.05, 4.69) is 39.9 Å². The van der Waals surface area contributed by atoms with E-state index in [1.54, 1.807) is 0 Å². The first kappa shape index (κ1) is 14.9. The molecule has 15 heavy (non-hydrogen) atoms. The lowest BCUT2D eigenvalue weighted by molar-refractivity contribution is 0.103. The van der Waals surface area contributed by atoms with Gasteiger partial charge in [-0.1, -0.05) is 27.2 Å². The maximum Gasteiger partial charge on any atom is 0.0499 e. The van der Waals surface area contributed by atoms with Gasteiger partial charge in [0.1, 0.15) is 0 Å². The third-order valence-corrected chi connectivity index (χ3v) is 3.65. The van der Waals surface area contributed by atoms with Crippen molar-refractivity contribution in [2.75, 3.05) is 13.2 Å². The van der Waals surface area contributed by atoms with E-state index in [9.17, 15) is 5.11 Å². The summed E-state index contributed by atoms with van der Waals surface area (Å²) in [6.45, 7) is 12.2. The average molecular weight is 215 g/mol. The van der Waals surface area contributed by atoms with Crippen molar-refractivity contribution in [1.29, 1.82) is 0 Å². The third-order valence-electron chi connectivity index (χ3n) is 3.65. The van der Waals surface area contributed by atoms with Crippen LogP contribution in [0.1, 0.15) is 60.3 Å². The van der Waals surface area contributed by atoms with E-state index >= 15 is 0 Å². The van der Waals surface area contributed by atoms with Crippen molar-refractivity contribution in [1.82, 2.24) is 5.32 Å². The van der Waals surface area contributed by atoms with Gasteiger partial charge >= 0.3 is 0 Å². The van der Waals surface area contributed by atoms with Crippen LogP contribution in [0.25, 0.3) is 0 Å². The molecule has 2 nitrogen and oxygen atoms in total. The fourth-order valence-corrected chi connectivity index (χ4v) is 1.92. The first-order chi connectivity index (χ1) is 6.95. The standard InChI is InChI=1S/C13H29NO/c1-6-9-12(4,5)14-10-13(7-2,8-3)11-15/h14-15H,6-11H2,1-5H3. The van der Waals surface area contributed by atoms with Crippen LogP contribution in [0.3, 0.4) is 0 Å². The predicted molar refractivity (Wildman–Crippen MR) is 67.1 cm³/mol. The largest absolute Gasteiger partial charge is 0.396 e. The van der Waals surface area contributed by atoms with Crippen LogP contribution in [0, 0.1) is 5.41 Å². The Balaban J connectivity index is 4.20. The molecule has 0 aromatic rings. The lowest BCUT2D eigenvalue weighted by Gasteiger charge is -2.35. The quantitative estimate of drug-likeness (QED) is 0.652. The minimum absolute atomic E-state index is 0.0744. The van der Waals surface area contributed by atoms with Gasteiger partial charge in [0.05, 0.1) is 0 Å². The molecule has 0 aromatic carbocycles. The highest BCUT2D eigenvalue weighted by atomic mass is 16.3. The fourth-order valence-electron chi connectivity index (χ4n) is 1.92. The van der Waals surface area contributed by atoms with Crippen LogP contribution in [0.15, 0.2) is 0 Å². The fraction of sp³-hybridized carbons (Fsp3) is 1.00. The number of aliphatic hydroxyl groups is 1. The minimum Gasteiger partial charge on any atom is -0.396 e. The zero-order valence-corrected chi connectivity index (χ0v) is 11.2. The predicted octanol–water partition coefficient (Wildman–Crippen LogP) is 2.95. The van der Waals surface area contributed by atoms with Crippen LogP contribution in [-0.2, 0) is 0 Å². The molecule has 0 aliphatic heterocycles. The molecule has 0 aliphatic carbocycles. The lowest BCUT2D eigenvalue weighted by Crippen LogP contribution is -2.46. The summed E-state index contributed by atoms with van der Waals surface area (Å²) < 4.78 is 0. The second kappa shape index (κ2) is 6.49. The summed E-state index contributed by atoms with van der Waals surface area (Å²) in [4.78, 5) is 0. The maximum atomic E-state index is 9.46. The van der Waals surface area contributed by atoms with Gasteiger partial charge in [0.2, 0.25) is 0 Å². The summed E-state index contributed by atoms with van der Waals surface area (Å²) >= 11 is 0. The summed E-state index contributed by atoms with van der Waals surface area (Å²) in [5, 5.41) is 13.1. The molecule has 0 unspecified atom stereocenters. The highest BCUT2D eigenvalue weighted by Crippen LogP contribution is 2.25. The Morgan fingerprint density at radius 1 is 1.07 bits per heavy atom.